The van der Waals surface area contributed by atoms with E-state index in [9.17, 15) is 9.59 Å². The average molecular weight is 277 g/mol. The summed E-state index contributed by atoms with van der Waals surface area (Å²) in [4.78, 5) is 27.2. The lowest BCUT2D eigenvalue weighted by Gasteiger charge is -2.22. The first-order valence-corrected chi connectivity index (χ1v) is 6.88. The van der Waals surface area contributed by atoms with Crippen LogP contribution in [0.1, 0.15) is 13.8 Å². The molecule has 5 heteroatoms. The molecule has 0 saturated carbocycles. The number of benzene rings is 1. The molecule has 0 saturated heterocycles. The van der Waals surface area contributed by atoms with Gasteiger partial charge >= 0.3 is 0 Å². The number of likely N-dealkylation sites (N-methyl/N-ethyl adjacent to an activating group) is 2. The van der Waals surface area contributed by atoms with Crippen LogP contribution in [0.4, 0.5) is 5.69 Å². The molecule has 110 valence electrons. The molecule has 20 heavy (non-hydrogen) atoms. The Labute approximate surface area is 120 Å². The highest BCUT2D eigenvalue weighted by Gasteiger charge is 2.14. The molecule has 0 aliphatic rings. The van der Waals surface area contributed by atoms with Crippen LogP contribution in [0.5, 0.6) is 0 Å². The summed E-state index contributed by atoms with van der Waals surface area (Å²) < 4.78 is 0. The summed E-state index contributed by atoms with van der Waals surface area (Å²) in [7, 11) is 1.77. The van der Waals surface area contributed by atoms with Gasteiger partial charge in [0.1, 0.15) is 0 Å². The first-order chi connectivity index (χ1) is 9.56. The van der Waals surface area contributed by atoms with Gasteiger partial charge in [-0.25, -0.2) is 0 Å². The highest BCUT2D eigenvalue weighted by molar-refractivity contribution is 5.92. The van der Waals surface area contributed by atoms with Crippen molar-refractivity contribution in [3.63, 3.8) is 0 Å². The van der Waals surface area contributed by atoms with Gasteiger partial charge < -0.3 is 10.2 Å². The van der Waals surface area contributed by atoms with Crippen molar-refractivity contribution in [1.82, 2.24) is 9.80 Å². The monoisotopic (exact) mass is 277 g/mol. The summed E-state index contributed by atoms with van der Waals surface area (Å²) in [5.74, 6) is -0.0731. The Balaban J connectivity index is 2.40. The van der Waals surface area contributed by atoms with Crippen LogP contribution >= 0.6 is 0 Å². The van der Waals surface area contributed by atoms with E-state index in [1.165, 1.54) is 0 Å². The first-order valence-electron chi connectivity index (χ1n) is 6.88. The smallest absolute Gasteiger partial charge is 0.238 e. The predicted octanol–water partition coefficient (Wildman–Crippen LogP) is 1.43. The number of amides is 2. The number of carbonyl (C=O) groups excluding carboxylic acids is 2. The Morgan fingerprint density at radius 3 is 2.20 bits per heavy atom. The molecule has 0 heterocycles. The van der Waals surface area contributed by atoms with Gasteiger partial charge in [-0.05, 0) is 33.0 Å². The number of anilines is 1. The molecule has 1 N–H and O–H groups in total. The molecule has 0 atom stereocenters. The van der Waals surface area contributed by atoms with E-state index in [2.05, 4.69) is 5.32 Å². The highest BCUT2D eigenvalue weighted by Crippen LogP contribution is 2.04. The molecule has 0 bridgehead atoms. The zero-order valence-electron chi connectivity index (χ0n) is 12.4. The predicted molar refractivity (Wildman–Crippen MR) is 80.5 cm³/mol. The highest BCUT2D eigenvalue weighted by atomic mass is 16.2. The van der Waals surface area contributed by atoms with Crippen molar-refractivity contribution in [2.24, 2.45) is 0 Å². The van der Waals surface area contributed by atoms with Crippen LogP contribution in [-0.2, 0) is 9.59 Å². The van der Waals surface area contributed by atoms with Gasteiger partial charge in [-0.15, -0.1) is 0 Å². The number of hydrogen-bond acceptors (Lipinski definition) is 3. The van der Waals surface area contributed by atoms with Gasteiger partial charge in [-0.3, -0.25) is 14.5 Å². The van der Waals surface area contributed by atoms with Crippen LogP contribution in [-0.4, -0.2) is 54.8 Å². The third kappa shape index (κ3) is 5.40. The van der Waals surface area contributed by atoms with E-state index >= 15 is 0 Å². The summed E-state index contributed by atoms with van der Waals surface area (Å²) in [5.41, 5.74) is 0.765. The second-order valence-electron chi connectivity index (χ2n) is 4.65. The Bertz CT molecular complexity index is 430. The maximum absolute atomic E-state index is 11.9. The Hall–Kier alpha value is -1.88. The van der Waals surface area contributed by atoms with Crippen LogP contribution in [0, 0.1) is 0 Å². The Kier molecular flexibility index (Phi) is 6.73. The number of rotatable bonds is 7. The molecule has 0 unspecified atom stereocenters. The summed E-state index contributed by atoms with van der Waals surface area (Å²) in [5, 5.41) is 2.80. The van der Waals surface area contributed by atoms with Crippen molar-refractivity contribution in [3.8, 4) is 0 Å². The van der Waals surface area contributed by atoms with Crippen molar-refractivity contribution in [2.45, 2.75) is 13.8 Å². The van der Waals surface area contributed by atoms with Crippen LogP contribution in [0.15, 0.2) is 30.3 Å². The summed E-state index contributed by atoms with van der Waals surface area (Å²) in [6.07, 6.45) is 0. The van der Waals surface area contributed by atoms with Crippen molar-refractivity contribution in [1.29, 1.82) is 0 Å². The molecule has 0 radical (unpaired) electrons. The molecular formula is C15H23N3O2. The molecule has 0 fully saturated rings. The number of hydrogen-bond donors (Lipinski definition) is 1. The molecule has 1 aromatic rings. The molecule has 1 aromatic carbocycles. The van der Waals surface area contributed by atoms with Crippen LogP contribution in [0.25, 0.3) is 0 Å². The second-order valence-corrected chi connectivity index (χ2v) is 4.65. The molecule has 5 nitrogen and oxygen atoms in total. The van der Waals surface area contributed by atoms with E-state index in [-0.39, 0.29) is 24.9 Å². The fraction of sp³-hybridized carbons (Fsp3) is 0.467. The average Bonchev–Trinajstić information content (AvgIpc) is 2.40. The fourth-order valence-corrected chi connectivity index (χ4v) is 1.93. The normalized spacial score (nSPS) is 10.4. The van der Waals surface area contributed by atoms with Crippen LogP contribution < -0.4 is 5.32 Å². The maximum Gasteiger partial charge on any atom is 0.238 e. The number of para-hydroxylation sites is 1. The summed E-state index contributed by atoms with van der Waals surface area (Å²) in [6, 6.07) is 9.29. The van der Waals surface area contributed by atoms with E-state index in [4.69, 9.17) is 0 Å². The molecule has 0 aliphatic carbocycles. The lowest BCUT2D eigenvalue weighted by atomic mass is 10.3. The van der Waals surface area contributed by atoms with Gasteiger partial charge in [0.2, 0.25) is 11.8 Å². The van der Waals surface area contributed by atoms with Crippen LogP contribution in [0.3, 0.4) is 0 Å². The first kappa shape index (κ1) is 16.2. The van der Waals surface area contributed by atoms with Gasteiger partial charge in [0.05, 0.1) is 13.1 Å². The van der Waals surface area contributed by atoms with Crippen molar-refractivity contribution < 1.29 is 9.59 Å². The minimum absolute atomic E-state index is 0.0463. The topological polar surface area (TPSA) is 52.7 Å². The largest absolute Gasteiger partial charge is 0.342 e. The molecule has 2 amide bonds. The van der Waals surface area contributed by atoms with E-state index in [0.717, 1.165) is 5.69 Å². The zero-order valence-corrected chi connectivity index (χ0v) is 12.4. The van der Waals surface area contributed by atoms with Crippen molar-refractivity contribution >= 4 is 17.5 Å². The molecular weight excluding hydrogens is 254 g/mol. The van der Waals surface area contributed by atoms with E-state index in [1.807, 2.05) is 44.2 Å². The third-order valence-corrected chi connectivity index (χ3v) is 2.99. The molecule has 0 aromatic heterocycles. The minimum atomic E-state index is -0.119. The summed E-state index contributed by atoms with van der Waals surface area (Å²) >= 11 is 0. The van der Waals surface area contributed by atoms with Crippen LogP contribution in [0.2, 0.25) is 0 Å². The lowest BCUT2D eigenvalue weighted by molar-refractivity contribution is -0.132. The SMILES string of the molecule is CCN(CC)C(=O)CN(C)CC(=O)Nc1ccccc1. The zero-order chi connectivity index (χ0) is 15.0. The van der Waals surface area contributed by atoms with Gasteiger partial charge in [-0.1, -0.05) is 18.2 Å². The van der Waals surface area contributed by atoms with Gasteiger partial charge in [0.15, 0.2) is 0 Å². The quantitative estimate of drug-likeness (QED) is 0.820. The minimum Gasteiger partial charge on any atom is -0.342 e. The molecule has 0 spiro atoms. The summed E-state index contributed by atoms with van der Waals surface area (Å²) in [6.45, 7) is 5.73. The fourth-order valence-electron chi connectivity index (χ4n) is 1.93. The van der Waals surface area contributed by atoms with Gasteiger partial charge in [0, 0.05) is 18.8 Å². The number of nitrogens with one attached hydrogen (secondary N) is 1. The number of nitrogens with zero attached hydrogens (tertiary/aromatic N) is 2. The second kappa shape index (κ2) is 8.32. The Morgan fingerprint density at radius 2 is 1.65 bits per heavy atom. The van der Waals surface area contributed by atoms with E-state index in [1.54, 1.807) is 16.8 Å². The third-order valence-electron chi connectivity index (χ3n) is 2.99. The van der Waals surface area contributed by atoms with Gasteiger partial charge in [0.25, 0.3) is 0 Å². The maximum atomic E-state index is 11.9. The van der Waals surface area contributed by atoms with Crippen molar-refractivity contribution in [2.75, 3.05) is 38.5 Å². The van der Waals surface area contributed by atoms with E-state index in [0.29, 0.717) is 13.1 Å². The number of carbonyl (C=O) groups is 2. The van der Waals surface area contributed by atoms with Gasteiger partial charge in [-0.2, -0.15) is 0 Å². The Morgan fingerprint density at radius 1 is 1.05 bits per heavy atom. The lowest BCUT2D eigenvalue weighted by Crippen LogP contribution is -2.41. The van der Waals surface area contributed by atoms with E-state index < -0.39 is 0 Å². The standard InChI is InChI=1S/C15H23N3O2/c1-4-18(5-2)15(20)12-17(3)11-14(19)16-13-9-7-6-8-10-13/h6-10H,4-5,11-12H2,1-3H3,(H,16,19). The van der Waals surface area contributed by atoms with Crippen molar-refractivity contribution in [3.05, 3.63) is 30.3 Å². The molecule has 1 rings (SSSR count). The molecule has 0 aliphatic heterocycles.